The molecule has 4 N–H and O–H groups in total. The third kappa shape index (κ3) is 5.60. The van der Waals surface area contributed by atoms with Crippen molar-refractivity contribution >= 4 is 40.5 Å². The molecule has 0 aliphatic heterocycles. The summed E-state index contributed by atoms with van der Waals surface area (Å²) in [6, 6.07) is 17.4. The van der Waals surface area contributed by atoms with Crippen molar-refractivity contribution in [3.05, 3.63) is 60.2 Å². The number of hydrazine groups is 1. The number of thiocarbonyl (C=S) groups is 1. The van der Waals surface area contributed by atoms with Crippen molar-refractivity contribution in [1.82, 2.24) is 10.9 Å². The van der Waals surface area contributed by atoms with Crippen LogP contribution >= 0.6 is 12.2 Å². The Labute approximate surface area is 150 Å². The largest absolute Gasteiger partial charge is 0.331 e. The number of carbonyl (C=O) groups excluding carboxylic acids is 2. The minimum Gasteiger partial charge on any atom is -0.331 e. The Morgan fingerprint density at radius 2 is 1.64 bits per heavy atom. The minimum atomic E-state index is -0.489. The predicted molar refractivity (Wildman–Crippen MR) is 98.6 cm³/mol. The number of amides is 2. The van der Waals surface area contributed by atoms with Gasteiger partial charge in [0, 0.05) is 5.69 Å². The van der Waals surface area contributed by atoms with Crippen LogP contribution < -0.4 is 21.5 Å². The fraction of sp³-hybridized carbons (Fsp3) is 0.0588. The maximum Gasteiger partial charge on any atom is 0.271 e. The third-order valence-electron chi connectivity index (χ3n) is 3.01. The molecule has 2 rings (SSSR count). The zero-order valence-electron chi connectivity index (χ0n) is 13.1. The lowest BCUT2D eigenvalue weighted by Crippen LogP contribution is -2.44. The molecule has 0 atom stereocenters. The summed E-state index contributed by atoms with van der Waals surface area (Å²) in [7, 11) is 0. The van der Waals surface area contributed by atoms with Crippen LogP contribution in [0.15, 0.2) is 54.6 Å². The Kier molecular flexibility index (Phi) is 6.45. The summed E-state index contributed by atoms with van der Waals surface area (Å²) in [6.45, 7) is 0. The van der Waals surface area contributed by atoms with E-state index in [1.165, 1.54) is 0 Å². The Balaban J connectivity index is 1.95. The maximum atomic E-state index is 12.3. The van der Waals surface area contributed by atoms with Crippen molar-refractivity contribution in [2.75, 3.05) is 10.6 Å². The molecule has 0 aliphatic carbocycles. The molecule has 126 valence electrons. The zero-order chi connectivity index (χ0) is 18.1. The molecule has 2 aromatic rings. The highest BCUT2D eigenvalue weighted by Crippen LogP contribution is 2.15. The summed E-state index contributed by atoms with van der Waals surface area (Å²) >= 11 is 5.10. The summed E-state index contributed by atoms with van der Waals surface area (Å²) in [5, 5.41) is 14.2. The second-order valence-corrected chi connectivity index (χ2v) is 5.24. The van der Waals surface area contributed by atoms with E-state index in [1.54, 1.807) is 30.3 Å². The van der Waals surface area contributed by atoms with Gasteiger partial charge in [-0.3, -0.25) is 20.4 Å². The second kappa shape index (κ2) is 9.00. The van der Waals surface area contributed by atoms with Gasteiger partial charge in [0.15, 0.2) is 5.11 Å². The molecule has 0 heterocycles. The van der Waals surface area contributed by atoms with E-state index in [0.29, 0.717) is 5.69 Å². The lowest BCUT2D eigenvalue weighted by molar-refractivity contribution is -0.115. The van der Waals surface area contributed by atoms with Gasteiger partial charge in [0.1, 0.15) is 6.42 Å². The summed E-state index contributed by atoms with van der Waals surface area (Å²) in [5.41, 5.74) is 6.37. The van der Waals surface area contributed by atoms with Gasteiger partial charge in [-0.05, 0) is 36.5 Å². The first-order chi connectivity index (χ1) is 12.1. The molecule has 0 saturated carbocycles. The van der Waals surface area contributed by atoms with Gasteiger partial charge in [-0.1, -0.05) is 30.3 Å². The first-order valence-electron chi connectivity index (χ1n) is 7.28. The average molecular weight is 353 g/mol. The molecule has 0 bridgehead atoms. The molecule has 25 heavy (non-hydrogen) atoms. The third-order valence-corrected chi connectivity index (χ3v) is 3.21. The average Bonchev–Trinajstić information content (AvgIpc) is 2.61. The number of anilines is 2. The molecule has 0 aliphatic rings. The molecule has 8 heteroatoms. The molecule has 0 spiro atoms. The van der Waals surface area contributed by atoms with E-state index in [4.69, 9.17) is 17.5 Å². The van der Waals surface area contributed by atoms with E-state index in [1.807, 2.05) is 30.3 Å². The topological polar surface area (TPSA) is 106 Å². The van der Waals surface area contributed by atoms with E-state index in [2.05, 4.69) is 21.5 Å². The SMILES string of the molecule is N#CCC(=O)Nc1ccccc1C(=O)NNC(=S)Nc1ccccc1. The first-order valence-corrected chi connectivity index (χ1v) is 7.69. The molecule has 0 saturated heterocycles. The smallest absolute Gasteiger partial charge is 0.271 e. The highest BCUT2D eigenvalue weighted by molar-refractivity contribution is 7.80. The molecule has 0 aromatic heterocycles. The lowest BCUT2D eigenvalue weighted by atomic mass is 10.1. The van der Waals surface area contributed by atoms with Crippen LogP contribution in [0.1, 0.15) is 16.8 Å². The Hall–Kier alpha value is -3.44. The van der Waals surface area contributed by atoms with E-state index in [9.17, 15) is 9.59 Å². The normalized spacial score (nSPS) is 9.40. The van der Waals surface area contributed by atoms with Gasteiger partial charge in [0.2, 0.25) is 5.91 Å². The van der Waals surface area contributed by atoms with E-state index < -0.39 is 11.8 Å². The quantitative estimate of drug-likeness (QED) is 0.496. The molecule has 0 fully saturated rings. The standard InChI is InChI=1S/C17H15N5O2S/c18-11-10-15(23)20-14-9-5-4-8-13(14)16(24)21-22-17(25)19-12-6-2-1-3-7-12/h1-9H,10H2,(H,20,23)(H,21,24)(H2,19,22,25). The fourth-order valence-electron chi connectivity index (χ4n) is 1.92. The predicted octanol–water partition coefficient (Wildman–Crippen LogP) is 2.17. The number of rotatable bonds is 4. The van der Waals surface area contributed by atoms with Crippen LogP contribution in [0.25, 0.3) is 0 Å². The minimum absolute atomic E-state index is 0.213. The van der Waals surface area contributed by atoms with Crippen LogP contribution in [0.4, 0.5) is 11.4 Å². The molecule has 0 radical (unpaired) electrons. The summed E-state index contributed by atoms with van der Waals surface area (Å²) in [4.78, 5) is 23.8. The van der Waals surface area contributed by atoms with Crippen molar-refractivity contribution in [3.8, 4) is 6.07 Å². The van der Waals surface area contributed by atoms with Crippen LogP contribution in [-0.2, 0) is 4.79 Å². The van der Waals surface area contributed by atoms with E-state index in [0.717, 1.165) is 5.69 Å². The highest BCUT2D eigenvalue weighted by atomic mass is 32.1. The van der Waals surface area contributed by atoms with Gasteiger partial charge < -0.3 is 10.6 Å². The number of nitrogens with zero attached hydrogens (tertiary/aromatic N) is 1. The molecule has 0 unspecified atom stereocenters. The highest BCUT2D eigenvalue weighted by Gasteiger charge is 2.13. The van der Waals surface area contributed by atoms with Gasteiger partial charge >= 0.3 is 0 Å². The van der Waals surface area contributed by atoms with E-state index in [-0.39, 0.29) is 17.1 Å². The van der Waals surface area contributed by atoms with Crippen LogP contribution in [0.3, 0.4) is 0 Å². The van der Waals surface area contributed by atoms with Crippen molar-refractivity contribution in [2.45, 2.75) is 6.42 Å². The number of para-hydroxylation sites is 2. The Morgan fingerprint density at radius 3 is 2.36 bits per heavy atom. The van der Waals surface area contributed by atoms with Gasteiger partial charge in [-0.25, -0.2) is 0 Å². The van der Waals surface area contributed by atoms with Crippen molar-refractivity contribution in [1.29, 1.82) is 5.26 Å². The molecular weight excluding hydrogens is 338 g/mol. The van der Waals surface area contributed by atoms with E-state index >= 15 is 0 Å². The van der Waals surface area contributed by atoms with Gasteiger partial charge in [-0.2, -0.15) is 5.26 Å². The van der Waals surface area contributed by atoms with Crippen molar-refractivity contribution in [2.24, 2.45) is 0 Å². The zero-order valence-corrected chi connectivity index (χ0v) is 13.9. The molecule has 7 nitrogen and oxygen atoms in total. The Bertz CT molecular complexity index is 817. The number of nitriles is 1. The maximum absolute atomic E-state index is 12.3. The number of hydrogen-bond donors (Lipinski definition) is 4. The monoisotopic (exact) mass is 353 g/mol. The van der Waals surface area contributed by atoms with Gasteiger partial charge in [0.05, 0.1) is 17.3 Å². The second-order valence-electron chi connectivity index (χ2n) is 4.83. The van der Waals surface area contributed by atoms with Crippen LogP contribution in [0, 0.1) is 11.3 Å². The van der Waals surface area contributed by atoms with Crippen molar-refractivity contribution in [3.63, 3.8) is 0 Å². The summed E-state index contributed by atoms with van der Waals surface area (Å²) < 4.78 is 0. The van der Waals surface area contributed by atoms with Gasteiger partial charge in [0.25, 0.3) is 5.91 Å². The summed E-state index contributed by atoms with van der Waals surface area (Å²) in [6.07, 6.45) is -0.292. The van der Waals surface area contributed by atoms with Crippen LogP contribution in [-0.4, -0.2) is 16.9 Å². The van der Waals surface area contributed by atoms with Crippen LogP contribution in [0.5, 0.6) is 0 Å². The first kappa shape index (κ1) is 17.9. The number of nitrogens with one attached hydrogen (secondary N) is 4. The molecule has 2 aromatic carbocycles. The lowest BCUT2D eigenvalue weighted by Gasteiger charge is -2.13. The molecular formula is C17H15N5O2S. The number of carbonyl (C=O) groups is 2. The fourth-order valence-corrected chi connectivity index (χ4v) is 2.09. The number of benzene rings is 2. The summed E-state index contributed by atoms with van der Waals surface area (Å²) in [5.74, 6) is -0.970. The van der Waals surface area contributed by atoms with Gasteiger partial charge in [-0.15, -0.1) is 0 Å². The van der Waals surface area contributed by atoms with Crippen molar-refractivity contribution < 1.29 is 9.59 Å². The Morgan fingerprint density at radius 1 is 0.960 bits per heavy atom. The van der Waals surface area contributed by atoms with Crippen LogP contribution in [0.2, 0.25) is 0 Å². The molecule has 2 amide bonds. The number of hydrogen-bond acceptors (Lipinski definition) is 4.